The van der Waals surface area contributed by atoms with Gasteiger partial charge in [-0.25, -0.2) is 4.39 Å². The Morgan fingerprint density at radius 2 is 2.13 bits per heavy atom. The van der Waals surface area contributed by atoms with E-state index >= 15 is 0 Å². The molecule has 0 atom stereocenters. The molecule has 84 valence electrons. The fourth-order valence-corrected chi connectivity index (χ4v) is 1.22. The third kappa shape index (κ3) is 3.02. The van der Waals surface area contributed by atoms with Crippen LogP contribution in [0.3, 0.4) is 0 Å². The van der Waals surface area contributed by atoms with Crippen molar-refractivity contribution >= 4 is 5.69 Å². The van der Waals surface area contributed by atoms with Crippen molar-refractivity contribution < 1.29 is 17.9 Å². The Morgan fingerprint density at radius 1 is 1.47 bits per heavy atom. The summed E-state index contributed by atoms with van der Waals surface area (Å²) in [6, 6.07) is 2.33. The molecule has 0 unspecified atom stereocenters. The fraction of sp³-hybridized carbons (Fsp3) is 0.333. The van der Waals surface area contributed by atoms with Gasteiger partial charge in [-0.2, -0.15) is 8.78 Å². The number of benzene rings is 1. The van der Waals surface area contributed by atoms with Gasteiger partial charge in [0.25, 0.3) is 0 Å². The monoisotopic (exact) mass is 220 g/mol. The van der Waals surface area contributed by atoms with Gasteiger partial charge >= 0.3 is 6.61 Å². The van der Waals surface area contributed by atoms with Crippen LogP contribution < -0.4 is 15.8 Å². The smallest absolute Gasteiger partial charge is 0.387 e. The van der Waals surface area contributed by atoms with Crippen molar-refractivity contribution in [3.05, 3.63) is 23.5 Å². The molecule has 0 saturated carbocycles. The summed E-state index contributed by atoms with van der Waals surface area (Å²) >= 11 is 0. The number of nitrogens with two attached hydrogens (primary N) is 1. The van der Waals surface area contributed by atoms with Gasteiger partial charge in [-0.1, -0.05) is 0 Å². The fourth-order valence-electron chi connectivity index (χ4n) is 1.22. The highest BCUT2D eigenvalue weighted by atomic mass is 19.3. The van der Waals surface area contributed by atoms with Gasteiger partial charge in [0, 0.05) is 23.9 Å². The van der Waals surface area contributed by atoms with E-state index in [1.54, 1.807) is 7.05 Å². The molecule has 0 aliphatic carbocycles. The topological polar surface area (TPSA) is 47.3 Å². The zero-order valence-electron chi connectivity index (χ0n) is 8.06. The number of rotatable bonds is 4. The molecule has 0 saturated heterocycles. The third-order valence-corrected chi connectivity index (χ3v) is 1.72. The second kappa shape index (κ2) is 4.88. The Bertz CT molecular complexity index is 344. The summed E-state index contributed by atoms with van der Waals surface area (Å²) < 4.78 is 41.3. The first-order chi connectivity index (χ1) is 7.04. The maximum Gasteiger partial charge on any atom is 0.387 e. The van der Waals surface area contributed by atoms with Crippen molar-refractivity contribution in [1.82, 2.24) is 5.32 Å². The van der Waals surface area contributed by atoms with E-state index < -0.39 is 18.2 Å². The molecular weight excluding hydrogens is 209 g/mol. The van der Waals surface area contributed by atoms with Crippen LogP contribution in [0.2, 0.25) is 0 Å². The number of halogens is 3. The summed E-state index contributed by atoms with van der Waals surface area (Å²) in [4.78, 5) is 0. The van der Waals surface area contributed by atoms with E-state index in [2.05, 4.69) is 10.1 Å². The molecular formula is C9H11F3N2O. The van der Waals surface area contributed by atoms with E-state index in [1.165, 1.54) is 6.07 Å². The van der Waals surface area contributed by atoms with Crippen LogP contribution in [0.1, 0.15) is 5.56 Å². The minimum Gasteiger partial charge on any atom is -0.431 e. The van der Waals surface area contributed by atoms with Gasteiger partial charge in [0.1, 0.15) is 0 Å². The molecule has 0 bridgehead atoms. The normalized spacial score (nSPS) is 10.7. The minimum atomic E-state index is -3.06. The Balaban J connectivity index is 3.08. The lowest BCUT2D eigenvalue weighted by Gasteiger charge is -2.12. The van der Waals surface area contributed by atoms with Crippen molar-refractivity contribution in [1.29, 1.82) is 0 Å². The number of hydrogen-bond donors (Lipinski definition) is 2. The lowest BCUT2D eigenvalue weighted by molar-refractivity contribution is -0.0528. The summed E-state index contributed by atoms with van der Waals surface area (Å²) in [5.41, 5.74) is 5.80. The van der Waals surface area contributed by atoms with Crippen LogP contribution in [-0.4, -0.2) is 13.7 Å². The van der Waals surface area contributed by atoms with Gasteiger partial charge in [-0.3, -0.25) is 0 Å². The molecule has 1 rings (SSSR count). The van der Waals surface area contributed by atoms with Crippen LogP contribution in [0.4, 0.5) is 18.9 Å². The van der Waals surface area contributed by atoms with E-state index in [9.17, 15) is 13.2 Å². The second-order valence-electron chi connectivity index (χ2n) is 2.90. The summed E-state index contributed by atoms with van der Waals surface area (Å²) in [7, 11) is 1.60. The first kappa shape index (κ1) is 11.6. The van der Waals surface area contributed by atoms with Gasteiger partial charge in [0.2, 0.25) is 0 Å². The van der Waals surface area contributed by atoms with Crippen LogP contribution in [0.25, 0.3) is 0 Å². The second-order valence-corrected chi connectivity index (χ2v) is 2.90. The molecule has 0 amide bonds. The molecule has 1 aromatic rings. The SMILES string of the molecule is CNCc1cc(N)cc(F)c1OC(F)F. The molecule has 0 radical (unpaired) electrons. The average Bonchev–Trinajstić information content (AvgIpc) is 2.11. The summed E-state index contributed by atoms with van der Waals surface area (Å²) in [6.45, 7) is -2.86. The summed E-state index contributed by atoms with van der Waals surface area (Å²) in [6.07, 6.45) is 0. The van der Waals surface area contributed by atoms with E-state index in [4.69, 9.17) is 5.73 Å². The van der Waals surface area contributed by atoms with E-state index in [-0.39, 0.29) is 17.8 Å². The van der Waals surface area contributed by atoms with Gasteiger partial charge in [0.05, 0.1) is 0 Å². The molecule has 15 heavy (non-hydrogen) atoms. The van der Waals surface area contributed by atoms with Crippen molar-refractivity contribution in [2.45, 2.75) is 13.2 Å². The molecule has 1 aromatic carbocycles. The molecule has 0 heterocycles. The molecule has 0 spiro atoms. The number of alkyl halides is 2. The van der Waals surface area contributed by atoms with Crippen molar-refractivity contribution in [2.24, 2.45) is 0 Å². The van der Waals surface area contributed by atoms with E-state index in [1.807, 2.05) is 0 Å². The number of ether oxygens (including phenoxy) is 1. The lowest BCUT2D eigenvalue weighted by atomic mass is 10.1. The predicted molar refractivity (Wildman–Crippen MR) is 50.2 cm³/mol. The van der Waals surface area contributed by atoms with Gasteiger partial charge in [-0.05, 0) is 13.1 Å². The molecule has 0 aromatic heterocycles. The molecule has 0 fully saturated rings. The highest BCUT2D eigenvalue weighted by Crippen LogP contribution is 2.27. The highest BCUT2D eigenvalue weighted by molar-refractivity contribution is 5.49. The summed E-state index contributed by atoms with van der Waals surface area (Å²) in [5.74, 6) is -1.35. The zero-order chi connectivity index (χ0) is 11.4. The maximum atomic E-state index is 13.2. The molecule has 3 N–H and O–H groups in total. The van der Waals surface area contributed by atoms with Crippen molar-refractivity contribution in [2.75, 3.05) is 12.8 Å². The average molecular weight is 220 g/mol. The number of hydrogen-bond acceptors (Lipinski definition) is 3. The Hall–Kier alpha value is -1.43. The minimum absolute atomic E-state index is 0.166. The van der Waals surface area contributed by atoms with Crippen molar-refractivity contribution in [3.63, 3.8) is 0 Å². The lowest BCUT2D eigenvalue weighted by Crippen LogP contribution is -2.12. The van der Waals surface area contributed by atoms with E-state index in [0.717, 1.165) is 6.07 Å². The Kier molecular flexibility index (Phi) is 3.79. The Labute approximate surface area is 85.0 Å². The van der Waals surface area contributed by atoms with Gasteiger partial charge in [0.15, 0.2) is 11.6 Å². The highest BCUT2D eigenvalue weighted by Gasteiger charge is 2.15. The van der Waals surface area contributed by atoms with Crippen LogP contribution in [0.5, 0.6) is 5.75 Å². The first-order valence-electron chi connectivity index (χ1n) is 4.22. The number of nitrogen functional groups attached to an aromatic ring is 1. The largest absolute Gasteiger partial charge is 0.431 e. The van der Waals surface area contributed by atoms with Gasteiger partial charge < -0.3 is 15.8 Å². The van der Waals surface area contributed by atoms with Crippen LogP contribution in [0, 0.1) is 5.82 Å². The third-order valence-electron chi connectivity index (χ3n) is 1.72. The quantitative estimate of drug-likeness (QED) is 0.759. The maximum absolute atomic E-state index is 13.2. The number of anilines is 1. The number of nitrogens with one attached hydrogen (secondary N) is 1. The van der Waals surface area contributed by atoms with Crippen LogP contribution in [0.15, 0.2) is 12.1 Å². The zero-order valence-corrected chi connectivity index (χ0v) is 8.06. The summed E-state index contributed by atoms with van der Waals surface area (Å²) in [5, 5.41) is 2.70. The molecule has 6 heteroatoms. The molecule has 3 nitrogen and oxygen atoms in total. The predicted octanol–water partition coefficient (Wildman–Crippen LogP) is 1.73. The van der Waals surface area contributed by atoms with Crippen LogP contribution in [-0.2, 0) is 6.54 Å². The first-order valence-corrected chi connectivity index (χ1v) is 4.22. The molecule has 0 aliphatic heterocycles. The Morgan fingerprint density at radius 3 is 2.67 bits per heavy atom. The van der Waals surface area contributed by atoms with Crippen LogP contribution >= 0.6 is 0 Å². The van der Waals surface area contributed by atoms with Gasteiger partial charge in [-0.15, -0.1) is 0 Å². The standard InChI is InChI=1S/C9H11F3N2O/c1-14-4-5-2-6(13)3-7(10)8(5)15-9(11)12/h2-3,9,14H,4,13H2,1H3. The van der Waals surface area contributed by atoms with E-state index in [0.29, 0.717) is 0 Å². The molecule has 0 aliphatic rings. The van der Waals surface area contributed by atoms with Crippen molar-refractivity contribution in [3.8, 4) is 5.75 Å².